The Hall–Kier alpha value is -0.410. The van der Waals surface area contributed by atoms with Crippen LogP contribution < -0.4 is 0 Å². The number of ketones is 1. The quantitative estimate of drug-likeness (QED) is 0.668. The lowest BCUT2D eigenvalue weighted by atomic mass is 9.89. The fraction of sp³-hybridized carbons (Fsp3) is 0.933. The van der Waals surface area contributed by atoms with E-state index >= 15 is 0 Å². The van der Waals surface area contributed by atoms with Crippen LogP contribution in [0.25, 0.3) is 0 Å². The minimum absolute atomic E-state index is 0.213. The van der Waals surface area contributed by atoms with Crippen LogP contribution in [-0.2, 0) is 9.53 Å². The molecule has 0 heterocycles. The Morgan fingerprint density at radius 1 is 1.33 bits per heavy atom. The van der Waals surface area contributed by atoms with Crippen LogP contribution >= 0.6 is 0 Å². The number of hydrogen-bond acceptors (Lipinski definition) is 3. The second-order valence-corrected chi connectivity index (χ2v) is 6.53. The predicted molar refractivity (Wildman–Crippen MR) is 74.7 cm³/mol. The first kappa shape index (κ1) is 15.6. The molecule has 1 unspecified atom stereocenters. The molecule has 0 bridgehead atoms. The van der Waals surface area contributed by atoms with E-state index < -0.39 is 0 Å². The number of methoxy groups -OCH3 is 1. The van der Waals surface area contributed by atoms with Gasteiger partial charge in [0.05, 0.1) is 6.61 Å². The average molecular weight is 255 g/mol. The Labute approximate surface area is 112 Å². The maximum atomic E-state index is 12.0. The number of carbonyl (C=O) groups is 1. The number of hydrogen-bond donors (Lipinski definition) is 0. The molecule has 0 amide bonds. The first-order valence-corrected chi connectivity index (χ1v) is 7.12. The number of rotatable bonds is 8. The largest absolute Gasteiger partial charge is 0.383 e. The summed E-state index contributed by atoms with van der Waals surface area (Å²) in [4.78, 5) is 14.4. The minimum Gasteiger partial charge on any atom is -0.383 e. The zero-order valence-corrected chi connectivity index (χ0v) is 12.7. The molecule has 1 saturated carbocycles. The van der Waals surface area contributed by atoms with Gasteiger partial charge in [-0.15, -0.1) is 0 Å². The van der Waals surface area contributed by atoms with Gasteiger partial charge in [0, 0.05) is 38.1 Å². The van der Waals surface area contributed by atoms with Gasteiger partial charge in [0.2, 0.25) is 0 Å². The van der Waals surface area contributed by atoms with Crippen molar-refractivity contribution < 1.29 is 9.53 Å². The lowest BCUT2D eigenvalue weighted by Gasteiger charge is -2.29. The molecule has 0 N–H and O–H groups in total. The van der Waals surface area contributed by atoms with Crippen molar-refractivity contribution in [2.24, 2.45) is 11.3 Å². The van der Waals surface area contributed by atoms with Crippen LogP contribution in [0.5, 0.6) is 0 Å². The normalized spacial score (nSPS) is 18.1. The SMILES string of the molecule is COCCN(CCC(=O)C(C)(C)C)C(C)C1CC1. The van der Waals surface area contributed by atoms with E-state index in [-0.39, 0.29) is 5.41 Å². The van der Waals surface area contributed by atoms with Crippen molar-refractivity contribution in [2.75, 3.05) is 26.8 Å². The minimum atomic E-state index is -0.213. The van der Waals surface area contributed by atoms with Gasteiger partial charge in [-0.2, -0.15) is 0 Å². The monoisotopic (exact) mass is 255 g/mol. The van der Waals surface area contributed by atoms with Gasteiger partial charge < -0.3 is 4.74 Å². The zero-order valence-electron chi connectivity index (χ0n) is 12.7. The second-order valence-electron chi connectivity index (χ2n) is 6.53. The summed E-state index contributed by atoms with van der Waals surface area (Å²) >= 11 is 0. The van der Waals surface area contributed by atoms with Crippen LogP contribution in [0.2, 0.25) is 0 Å². The van der Waals surface area contributed by atoms with Crippen molar-refractivity contribution in [1.29, 1.82) is 0 Å². The van der Waals surface area contributed by atoms with E-state index in [9.17, 15) is 4.79 Å². The Kier molecular flexibility index (Phi) is 5.80. The number of nitrogens with zero attached hydrogens (tertiary/aromatic N) is 1. The van der Waals surface area contributed by atoms with Gasteiger partial charge in [-0.05, 0) is 25.7 Å². The lowest BCUT2D eigenvalue weighted by Crippen LogP contribution is -2.39. The summed E-state index contributed by atoms with van der Waals surface area (Å²) in [6.07, 6.45) is 3.35. The Balaban J connectivity index is 2.42. The summed E-state index contributed by atoms with van der Waals surface area (Å²) in [5.74, 6) is 1.19. The van der Waals surface area contributed by atoms with Crippen LogP contribution in [0.1, 0.15) is 47.0 Å². The van der Waals surface area contributed by atoms with Crippen molar-refractivity contribution in [1.82, 2.24) is 4.90 Å². The molecule has 1 aliphatic carbocycles. The van der Waals surface area contributed by atoms with Crippen molar-refractivity contribution in [2.45, 2.75) is 53.0 Å². The summed E-state index contributed by atoms with van der Waals surface area (Å²) < 4.78 is 5.17. The number of carbonyl (C=O) groups excluding carboxylic acids is 1. The molecule has 0 aromatic rings. The third-order valence-corrected chi connectivity index (χ3v) is 3.93. The topological polar surface area (TPSA) is 29.5 Å². The van der Waals surface area contributed by atoms with Gasteiger partial charge in [0.1, 0.15) is 5.78 Å². The molecular weight excluding hydrogens is 226 g/mol. The van der Waals surface area contributed by atoms with E-state index in [1.807, 2.05) is 20.8 Å². The molecule has 0 aromatic carbocycles. The highest BCUT2D eigenvalue weighted by atomic mass is 16.5. The van der Waals surface area contributed by atoms with Gasteiger partial charge in [-0.3, -0.25) is 9.69 Å². The molecule has 3 nitrogen and oxygen atoms in total. The van der Waals surface area contributed by atoms with Crippen molar-refractivity contribution in [3.63, 3.8) is 0 Å². The average Bonchev–Trinajstić information content (AvgIpc) is 3.10. The summed E-state index contributed by atoms with van der Waals surface area (Å²) in [5, 5.41) is 0. The maximum absolute atomic E-state index is 12.0. The molecule has 1 rings (SSSR count). The highest BCUT2D eigenvalue weighted by molar-refractivity contribution is 5.83. The van der Waals surface area contributed by atoms with Gasteiger partial charge in [0.25, 0.3) is 0 Å². The van der Waals surface area contributed by atoms with Gasteiger partial charge in [-0.25, -0.2) is 0 Å². The van der Waals surface area contributed by atoms with Crippen LogP contribution in [0, 0.1) is 11.3 Å². The smallest absolute Gasteiger partial charge is 0.139 e. The molecule has 1 fully saturated rings. The predicted octanol–water partition coefficient (Wildman–Crippen LogP) is 2.74. The number of Topliss-reactive ketones (excluding diaryl/α,β-unsaturated/α-hetero) is 1. The first-order chi connectivity index (χ1) is 8.36. The molecule has 1 aliphatic rings. The molecule has 0 radical (unpaired) electrons. The van der Waals surface area contributed by atoms with Crippen LogP contribution in [-0.4, -0.2) is 43.5 Å². The van der Waals surface area contributed by atoms with E-state index in [0.717, 1.165) is 25.6 Å². The molecule has 0 aromatic heterocycles. The van der Waals surface area contributed by atoms with Crippen LogP contribution in [0.15, 0.2) is 0 Å². The fourth-order valence-corrected chi connectivity index (χ4v) is 2.22. The highest BCUT2D eigenvalue weighted by Gasteiger charge is 2.32. The fourth-order valence-electron chi connectivity index (χ4n) is 2.22. The molecule has 18 heavy (non-hydrogen) atoms. The lowest BCUT2D eigenvalue weighted by molar-refractivity contribution is -0.126. The molecule has 3 heteroatoms. The van der Waals surface area contributed by atoms with Crippen LogP contribution in [0.3, 0.4) is 0 Å². The van der Waals surface area contributed by atoms with E-state index in [2.05, 4.69) is 11.8 Å². The second kappa shape index (κ2) is 6.67. The standard InChI is InChI=1S/C15H29NO2/c1-12(13-6-7-13)16(10-11-18-5)9-8-14(17)15(2,3)4/h12-13H,6-11H2,1-5H3. The van der Waals surface area contributed by atoms with Crippen LogP contribution in [0.4, 0.5) is 0 Å². The molecule has 0 aliphatic heterocycles. The number of ether oxygens (including phenoxy) is 1. The molecule has 1 atom stereocenters. The summed E-state index contributed by atoms with van der Waals surface area (Å²) in [7, 11) is 1.74. The Morgan fingerprint density at radius 2 is 1.94 bits per heavy atom. The summed E-state index contributed by atoms with van der Waals surface area (Å²) in [6.45, 7) is 10.8. The van der Waals surface area contributed by atoms with Gasteiger partial charge in [-0.1, -0.05) is 20.8 Å². The summed E-state index contributed by atoms with van der Waals surface area (Å²) in [5.41, 5.74) is -0.213. The van der Waals surface area contributed by atoms with Crippen molar-refractivity contribution in [3.05, 3.63) is 0 Å². The van der Waals surface area contributed by atoms with Crippen molar-refractivity contribution >= 4 is 5.78 Å². The Bertz CT molecular complexity index is 266. The van der Waals surface area contributed by atoms with E-state index in [0.29, 0.717) is 18.2 Å². The van der Waals surface area contributed by atoms with E-state index in [4.69, 9.17) is 4.74 Å². The molecule has 0 saturated heterocycles. The van der Waals surface area contributed by atoms with Gasteiger partial charge >= 0.3 is 0 Å². The first-order valence-electron chi connectivity index (χ1n) is 7.12. The molecule has 0 spiro atoms. The van der Waals surface area contributed by atoms with Crippen molar-refractivity contribution in [3.8, 4) is 0 Å². The third kappa shape index (κ3) is 5.07. The molecule has 106 valence electrons. The molecular formula is C15H29NO2. The highest BCUT2D eigenvalue weighted by Crippen LogP contribution is 2.35. The van der Waals surface area contributed by atoms with E-state index in [1.54, 1.807) is 7.11 Å². The summed E-state index contributed by atoms with van der Waals surface area (Å²) in [6, 6.07) is 0.591. The third-order valence-electron chi connectivity index (χ3n) is 3.93. The Morgan fingerprint density at radius 3 is 2.39 bits per heavy atom. The van der Waals surface area contributed by atoms with Gasteiger partial charge in [0.15, 0.2) is 0 Å². The zero-order chi connectivity index (χ0) is 13.8. The maximum Gasteiger partial charge on any atom is 0.139 e. The van der Waals surface area contributed by atoms with E-state index in [1.165, 1.54) is 12.8 Å².